The van der Waals surface area contributed by atoms with Gasteiger partial charge in [0.1, 0.15) is 11.5 Å². The van der Waals surface area contributed by atoms with Crippen LogP contribution in [0.4, 0.5) is 0 Å². The first-order chi connectivity index (χ1) is 18.1. The fourth-order valence-corrected chi connectivity index (χ4v) is 9.29. The first kappa shape index (κ1) is 27.4. The van der Waals surface area contributed by atoms with Crippen molar-refractivity contribution in [1.82, 2.24) is 0 Å². The normalized spacial score (nSPS) is 12.6. The Morgan fingerprint density at radius 3 is 1.05 bits per heavy atom. The average molecular weight is 529 g/mol. The Labute approximate surface area is 225 Å². The summed E-state index contributed by atoms with van der Waals surface area (Å²) < 4.78 is 11.4. The molecule has 4 rings (SSSR count). The summed E-state index contributed by atoms with van der Waals surface area (Å²) >= 11 is 0. The SMILES string of the molecule is CCOc1ccc(P(CCCP(c2ccc(C)cc2)c2ccc(OCC)cc2)c2ccc(C)cc2)cc1. The van der Waals surface area contributed by atoms with Crippen molar-refractivity contribution in [3.8, 4) is 11.5 Å². The Morgan fingerprint density at radius 1 is 0.459 bits per heavy atom. The molecule has 4 aromatic carbocycles. The van der Waals surface area contributed by atoms with E-state index in [1.165, 1.54) is 51.1 Å². The van der Waals surface area contributed by atoms with Gasteiger partial charge in [-0.15, -0.1) is 0 Å². The van der Waals surface area contributed by atoms with Gasteiger partial charge in [0.25, 0.3) is 0 Å². The van der Waals surface area contributed by atoms with Gasteiger partial charge in [-0.2, -0.15) is 0 Å². The molecule has 0 aromatic heterocycles. The quantitative estimate of drug-likeness (QED) is 0.183. The number of ether oxygens (including phenoxy) is 2. The van der Waals surface area contributed by atoms with Crippen LogP contribution >= 0.6 is 15.8 Å². The van der Waals surface area contributed by atoms with E-state index in [9.17, 15) is 0 Å². The van der Waals surface area contributed by atoms with Crippen LogP contribution in [0.2, 0.25) is 0 Å². The topological polar surface area (TPSA) is 18.5 Å². The molecular weight excluding hydrogens is 490 g/mol. The summed E-state index contributed by atoms with van der Waals surface area (Å²) in [6.07, 6.45) is 3.53. The van der Waals surface area contributed by atoms with E-state index in [1.54, 1.807) is 0 Å². The van der Waals surface area contributed by atoms with Crippen LogP contribution in [0.3, 0.4) is 0 Å². The van der Waals surface area contributed by atoms with E-state index >= 15 is 0 Å². The van der Waals surface area contributed by atoms with E-state index in [4.69, 9.17) is 9.47 Å². The second-order valence-corrected chi connectivity index (χ2v) is 13.9. The Morgan fingerprint density at radius 2 is 0.757 bits per heavy atom. The van der Waals surface area contributed by atoms with Crippen molar-refractivity contribution in [1.29, 1.82) is 0 Å². The van der Waals surface area contributed by atoms with Gasteiger partial charge in [0, 0.05) is 0 Å². The van der Waals surface area contributed by atoms with Gasteiger partial charge < -0.3 is 9.47 Å². The minimum Gasteiger partial charge on any atom is -0.494 e. The highest BCUT2D eigenvalue weighted by Gasteiger charge is 2.18. The average Bonchev–Trinajstić information content (AvgIpc) is 2.92. The zero-order chi connectivity index (χ0) is 26.0. The van der Waals surface area contributed by atoms with E-state index in [0.717, 1.165) is 11.5 Å². The molecule has 0 spiro atoms. The summed E-state index contributed by atoms with van der Waals surface area (Å²) in [7, 11) is -0.868. The summed E-state index contributed by atoms with van der Waals surface area (Å²) in [5, 5.41) is 5.74. The van der Waals surface area contributed by atoms with Crippen LogP contribution in [-0.4, -0.2) is 25.5 Å². The van der Waals surface area contributed by atoms with Gasteiger partial charge in [-0.25, -0.2) is 0 Å². The second-order valence-electron chi connectivity index (χ2n) is 9.18. The summed E-state index contributed by atoms with van der Waals surface area (Å²) in [6.45, 7) is 9.77. The first-order valence-corrected chi connectivity index (χ1v) is 16.3. The van der Waals surface area contributed by atoms with Crippen LogP contribution in [0.5, 0.6) is 11.5 Å². The Balaban J connectivity index is 1.56. The number of benzene rings is 4. The lowest BCUT2D eigenvalue weighted by atomic mass is 10.2. The molecule has 4 aromatic rings. The molecule has 2 atom stereocenters. The minimum absolute atomic E-state index is 0.434. The fourth-order valence-electron chi connectivity index (χ4n) is 4.43. The third kappa shape index (κ3) is 7.67. The highest BCUT2D eigenvalue weighted by molar-refractivity contribution is 7.74. The molecule has 2 nitrogen and oxygen atoms in total. The standard InChI is InChI=1S/C33H38O2P2/c1-5-34-28-12-20-32(21-13-28)36(30-16-8-26(3)9-17-30)24-7-25-37(31-18-10-27(4)11-19-31)33-22-14-29(15-23-33)35-6-2/h8-23H,5-7,24-25H2,1-4H3. The molecule has 4 heteroatoms. The molecule has 0 aliphatic rings. The van der Waals surface area contributed by atoms with Gasteiger partial charge in [0.15, 0.2) is 0 Å². The van der Waals surface area contributed by atoms with Crippen LogP contribution < -0.4 is 30.7 Å². The molecule has 0 saturated carbocycles. The van der Waals surface area contributed by atoms with Gasteiger partial charge in [0.2, 0.25) is 0 Å². The van der Waals surface area contributed by atoms with Crippen molar-refractivity contribution >= 4 is 37.1 Å². The van der Waals surface area contributed by atoms with Crippen molar-refractivity contribution < 1.29 is 9.47 Å². The molecule has 0 bridgehead atoms. The van der Waals surface area contributed by atoms with Gasteiger partial charge in [-0.3, -0.25) is 0 Å². The smallest absolute Gasteiger partial charge is 0.119 e. The summed E-state index contributed by atoms with van der Waals surface area (Å²) in [5.74, 6) is 1.90. The predicted molar refractivity (Wildman–Crippen MR) is 164 cm³/mol. The van der Waals surface area contributed by atoms with Crippen LogP contribution in [-0.2, 0) is 0 Å². The van der Waals surface area contributed by atoms with Gasteiger partial charge in [-0.1, -0.05) is 83.9 Å². The summed E-state index contributed by atoms with van der Waals surface area (Å²) in [6, 6.07) is 35.9. The molecule has 0 saturated heterocycles. The Bertz CT molecular complexity index is 1120. The van der Waals surface area contributed by atoms with Crippen molar-refractivity contribution in [3.63, 3.8) is 0 Å². The summed E-state index contributed by atoms with van der Waals surface area (Å²) in [5.41, 5.74) is 2.62. The molecule has 0 N–H and O–H groups in total. The summed E-state index contributed by atoms with van der Waals surface area (Å²) in [4.78, 5) is 0. The molecule has 192 valence electrons. The number of rotatable bonds is 12. The molecule has 0 aliphatic carbocycles. The van der Waals surface area contributed by atoms with Crippen LogP contribution in [0.15, 0.2) is 97.1 Å². The first-order valence-electron chi connectivity index (χ1n) is 13.2. The van der Waals surface area contributed by atoms with Gasteiger partial charge in [0.05, 0.1) is 13.2 Å². The fraction of sp³-hybridized carbons (Fsp3) is 0.273. The maximum atomic E-state index is 5.71. The van der Waals surface area contributed by atoms with E-state index in [-0.39, 0.29) is 0 Å². The molecule has 0 heterocycles. The highest BCUT2D eigenvalue weighted by atomic mass is 31.1. The van der Waals surface area contributed by atoms with Crippen molar-refractivity contribution in [2.75, 3.05) is 25.5 Å². The largest absolute Gasteiger partial charge is 0.494 e. The second kappa shape index (κ2) is 13.8. The lowest BCUT2D eigenvalue weighted by molar-refractivity contribution is 0.340. The molecule has 37 heavy (non-hydrogen) atoms. The lowest BCUT2D eigenvalue weighted by Gasteiger charge is -2.23. The monoisotopic (exact) mass is 528 g/mol. The van der Waals surface area contributed by atoms with Crippen LogP contribution in [0.1, 0.15) is 31.4 Å². The lowest BCUT2D eigenvalue weighted by Crippen LogP contribution is -2.17. The van der Waals surface area contributed by atoms with E-state index in [0.29, 0.717) is 13.2 Å². The van der Waals surface area contributed by atoms with Crippen molar-refractivity contribution in [2.24, 2.45) is 0 Å². The van der Waals surface area contributed by atoms with E-state index in [2.05, 4.69) is 111 Å². The zero-order valence-corrected chi connectivity index (χ0v) is 24.3. The Hall–Kier alpha value is -2.66. The third-order valence-electron chi connectivity index (χ3n) is 6.37. The number of aryl methyl sites for hydroxylation is 2. The zero-order valence-electron chi connectivity index (χ0n) is 22.5. The molecule has 0 radical (unpaired) electrons. The maximum Gasteiger partial charge on any atom is 0.119 e. The van der Waals surface area contributed by atoms with Crippen molar-refractivity contribution in [3.05, 3.63) is 108 Å². The Kier molecular flexibility index (Phi) is 10.2. The van der Waals surface area contributed by atoms with Gasteiger partial charge in [-0.05, 0) is 108 Å². The highest BCUT2D eigenvalue weighted by Crippen LogP contribution is 2.40. The van der Waals surface area contributed by atoms with Crippen LogP contribution in [0.25, 0.3) is 0 Å². The minimum atomic E-state index is -0.434. The molecule has 0 fully saturated rings. The van der Waals surface area contributed by atoms with E-state index in [1.807, 2.05) is 13.8 Å². The van der Waals surface area contributed by atoms with E-state index < -0.39 is 15.8 Å². The third-order valence-corrected chi connectivity index (χ3v) is 11.6. The number of hydrogen-bond acceptors (Lipinski definition) is 2. The molecule has 0 aliphatic heterocycles. The molecular formula is C33H38O2P2. The van der Waals surface area contributed by atoms with Gasteiger partial charge >= 0.3 is 0 Å². The predicted octanol–water partition coefficient (Wildman–Crippen LogP) is 7.06. The van der Waals surface area contributed by atoms with Crippen LogP contribution in [0, 0.1) is 13.8 Å². The molecule has 0 amide bonds. The number of hydrogen-bond donors (Lipinski definition) is 0. The maximum absolute atomic E-state index is 5.71. The molecule has 2 unspecified atom stereocenters. The van der Waals surface area contributed by atoms with Crippen molar-refractivity contribution in [2.45, 2.75) is 34.1 Å².